The van der Waals surface area contributed by atoms with E-state index in [1.54, 1.807) is 0 Å². The highest BCUT2D eigenvalue weighted by molar-refractivity contribution is 5.68. The van der Waals surface area contributed by atoms with Crippen molar-refractivity contribution >= 4 is 23.9 Å². The molecule has 1 aliphatic heterocycles. The lowest BCUT2D eigenvalue weighted by Crippen LogP contribution is -2.42. The predicted molar refractivity (Wildman–Crippen MR) is 68.2 cm³/mol. The van der Waals surface area contributed by atoms with Crippen molar-refractivity contribution in [3.05, 3.63) is 0 Å². The van der Waals surface area contributed by atoms with Crippen molar-refractivity contribution in [2.24, 2.45) is 0 Å². The van der Waals surface area contributed by atoms with E-state index in [-0.39, 0.29) is 6.61 Å². The average molecular weight is 318 g/mol. The minimum Gasteiger partial charge on any atom is -0.463 e. The van der Waals surface area contributed by atoms with Crippen LogP contribution < -0.4 is 0 Å². The van der Waals surface area contributed by atoms with Crippen molar-refractivity contribution in [1.29, 1.82) is 0 Å². The highest BCUT2D eigenvalue weighted by atomic mass is 16.8. The van der Waals surface area contributed by atoms with Gasteiger partial charge in [-0.3, -0.25) is 19.2 Å². The third-order valence-electron chi connectivity index (χ3n) is 2.60. The van der Waals surface area contributed by atoms with Gasteiger partial charge in [0.25, 0.3) is 0 Å². The summed E-state index contributed by atoms with van der Waals surface area (Å²) in [6, 6.07) is 0. The average Bonchev–Trinajstić information content (AvgIpc) is 2.63. The molecule has 1 saturated heterocycles. The molecule has 1 fully saturated rings. The molecule has 1 rings (SSSR count). The van der Waals surface area contributed by atoms with Crippen molar-refractivity contribution < 1.29 is 42.9 Å². The molecule has 4 atom stereocenters. The first-order chi connectivity index (χ1) is 10.2. The summed E-state index contributed by atoms with van der Waals surface area (Å²) in [5, 5.41) is 0. The molecule has 0 bridgehead atoms. The molecule has 1 aliphatic rings. The van der Waals surface area contributed by atoms with Crippen LogP contribution in [0.25, 0.3) is 0 Å². The first kappa shape index (κ1) is 17.9. The molecular weight excluding hydrogens is 300 g/mol. The number of rotatable bonds is 5. The van der Waals surface area contributed by atoms with Gasteiger partial charge >= 0.3 is 23.9 Å². The number of ether oxygens (including phenoxy) is 5. The number of esters is 4. The van der Waals surface area contributed by atoms with Crippen LogP contribution in [0, 0.1) is 0 Å². The zero-order valence-electron chi connectivity index (χ0n) is 12.7. The van der Waals surface area contributed by atoms with Gasteiger partial charge in [-0.05, 0) is 0 Å². The van der Waals surface area contributed by atoms with E-state index in [1.807, 2.05) is 0 Å². The smallest absolute Gasteiger partial charge is 0.305 e. The van der Waals surface area contributed by atoms with E-state index in [4.69, 9.17) is 23.7 Å². The molecule has 124 valence electrons. The van der Waals surface area contributed by atoms with Crippen molar-refractivity contribution in [3.8, 4) is 0 Å². The number of carbonyl (C=O) groups excluding carboxylic acids is 4. The summed E-state index contributed by atoms with van der Waals surface area (Å²) < 4.78 is 25.2. The van der Waals surface area contributed by atoms with Gasteiger partial charge in [-0.1, -0.05) is 0 Å². The Balaban J connectivity index is 2.94. The van der Waals surface area contributed by atoms with Crippen molar-refractivity contribution in [2.45, 2.75) is 52.3 Å². The van der Waals surface area contributed by atoms with Gasteiger partial charge in [-0.15, -0.1) is 0 Å². The van der Waals surface area contributed by atoms with Crippen LogP contribution >= 0.6 is 0 Å². The van der Waals surface area contributed by atoms with Gasteiger partial charge < -0.3 is 23.7 Å². The fourth-order valence-corrected chi connectivity index (χ4v) is 1.93. The zero-order chi connectivity index (χ0) is 16.9. The van der Waals surface area contributed by atoms with Crippen LogP contribution in [-0.2, 0) is 42.9 Å². The molecule has 1 heterocycles. The van der Waals surface area contributed by atoms with Crippen LogP contribution in [-0.4, -0.2) is 55.1 Å². The van der Waals surface area contributed by atoms with Crippen LogP contribution in [0.3, 0.4) is 0 Å². The standard InChI is InChI=1S/C13H18O9/c1-6(14)18-5-10-11(19-7(2)15)12(20-8(3)16)13(22-10)21-9(4)17/h10-13H,5H2,1-4H3/t10-,11-,12-,13+/m1/s1. The van der Waals surface area contributed by atoms with E-state index in [0.717, 1.165) is 20.8 Å². The van der Waals surface area contributed by atoms with E-state index in [0.29, 0.717) is 0 Å². The molecule has 0 spiro atoms. The van der Waals surface area contributed by atoms with Crippen molar-refractivity contribution in [3.63, 3.8) is 0 Å². The molecule has 0 amide bonds. The zero-order valence-corrected chi connectivity index (χ0v) is 12.7. The van der Waals surface area contributed by atoms with E-state index in [9.17, 15) is 19.2 Å². The molecule has 0 aromatic heterocycles. The van der Waals surface area contributed by atoms with Crippen LogP contribution in [0.5, 0.6) is 0 Å². The molecule has 0 radical (unpaired) electrons. The summed E-state index contributed by atoms with van der Waals surface area (Å²) >= 11 is 0. The largest absolute Gasteiger partial charge is 0.463 e. The Bertz CT molecular complexity index is 458. The molecule has 0 saturated carbocycles. The Hall–Kier alpha value is -2.16. The van der Waals surface area contributed by atoms with Gasteiger partial charge in [0.15, 0.2) is 6.10 Å². The first-order valence-corrected chi connectivity index (χ1v) is 6.51. The second-order valence-corrected chi connectivity index (χ2v) is 4.60. The summed E-state index contributed by atoms with van der Waals surface area (Å²) in [7, 11) is 0. The molecule has 0 aromatic rings. The Morgan fingerprint density at radius 1 is 0.773 bits per heavy atom. The van der Waals surface area contributed by atoms with Gasteiger partial charge in [-0.2, -0.15) is 0 Å². The van der Waals surface area contributed by atoms with E-state index >= 15 is 0 Å². The van der Waals surface area contributed by atoms with E-state index < -0.39 is 48.5 Å². The molecule has 22 heavy (non-hydrogen) atoms. The second kappa shape index (κ2) is 7.74. The molecule has 0 unspecified atom stereocenters. The highest BCUT2D eigenvalue weighted by Gasteiger charge is 2.51. The summed E-state index contributed by atoms with van der Waals surface area (Å²) in [5.41, 5.74) is 0. The molecule has 0 aromatic carbocycles. The van der Waals surface area contributed by atoms with Crippen LogP contribution in [0.2, 0.25) is 0 Å². The fourth-order valence-electron chi connectivity index (χ4n) is 1.93. The fraction of sp³-hybridized carbons (Fsp3) is 0.692. The van der Waals surface area contributed by atoms with Gasteiger partial charge in [0, 0.05) is 27.7 Å². The number of hydrogen-bond acceptors (Lipinski definition) is 9. The topological polar surface area (TPSA) is 114 Å². The first-order valence-electron chi connectivity index (χ1n) is 6.51. The maximum Gasteiger partial charge on any atom is 0.305 e. The molecular formula is C13H18O9. The molecule has 9 nitrogen and oxygen atoms in total. The minimum absolute atomic E-state index is 0.247. The Morgan fingerprint density at radius 3 is 1.73 bits per heavy atom. The summed E-state index contributed by atoms with van der Waals surface area (Å²) in [6.45, 7) is 4.40. The SMILES string of the molecule is CC(=O)OC[C@H]1O[C@H](OC(C)=O)[C@H](OC(C)=O)[C@@H]1OC(C)=O. The van der Waals surface area contributed by atoms with Crippen LogP contribution in [0.1, 0.15) is 27.7 Å². The van der Waals surface area contributed by atoms with E-state index in [2.05, 4.69) is 0 Å². The van der Waals surface area contributed by atoms with Gasteiger partial charge in [-0.25, -0.2) is 0 Å². The third-order valence-corrected chi connectivity index (χ3v) is 2.60. The van der Waals surface area contributed by atoms with Gasteiger partial charge in [0.1, 0.15) is 12.7 Å². The lowest BCUT2D eigenvalue weighted by Gasteiger charge is -2.22. The van der Waals surface area contributed by atoms with Crippen molar-refractivity contribution in [1.82, 2.24) is 0 Å². The monoisotopic (exact) mass is 318 g/mol. The normalized spacial score (nSPS) is 26.9. The highest BCUT2D eigenvalue weighted by Crippen LogP contribution is 2.28. The lowest BCUT2D eigenvalue weighted by atomic mass is 10.1. The second-order valence-electron chi connectivity index (χ2n) is 4.60. The van der Waals surface area contributed by atoms with E-state index in [1.165, 1.54) is 6.92 Å². The quantitative estimate of drug-likeness (QED) is 0.497. The van der Waals surface area contributed by atoms with Gasteiger partial charge in [0.2, 0.25) is 12.4 Å². The van der Waals surface area contributed by atoms with Gasteiger partial charge in [0.05, 0.1) is 0 Å². The molecule has 0 N–H and O–H groups in total. The molecule has 0 aliphatic carbocycles. The maximum atomic E-state index is 11.2. The van der Waals surface area contributed by atoms with Crippen molar-refractivity contribution in [2.75, 3.05) is 6.61 Å². The summed E-state index contributed by atoms with van der Waals surface area (Å²) in [6.07, 6.45) is -4.40. The molecule has 9 heteroatoms. The maximum absolute atomic E-state index is 11.2. The summed E-state index contributed by atoms with van der Waals surface area (Å²) in [5.74, 6) is -2.56. The number of hydrogen-bond donors (Lipinski definition) is 0. The minimum atomic E-state index is -1.26. The Morgan fingerprint density at radius 2 is 1.27 bits per heavy atom. The Kier molecular flexibility index (Phi) is 6.29. The predicted octanol–water partition coefficient (Wildman–Crippen LogP) is -0.299. The number of carbonyl (C=O) groups is 4. The van der Waals surface area contributed by atoms with Crippen LogP contribution in [0.4, 0.5) is 0 Å². The third kappa shape index (κ3) is 5.32. The Labute approximate surface area is 126 Å². The lowest BCUT2D eigenvalue weighted by molar-refractivity contribution is -0.197. The van der Waals surface area contributed by atoms with Crippen LogP contribution in [0.15, 0.2) is 0 Å². The summed E-state index contributed by atoms with van der Waals surface area (Å²) in [4.78, 5) is 44.4.